The first-order chi connectivity index (χ1) is 40.7. The highest BCUT2D eigenvalue weighted by atomic mass is 19.3. The molecule has 0 spiro atoms. The number of hydrogen-bond acceptors (Lipinski definition) is 14. The van der Waals surface area contributed by atoms with E-state index in [4.69, 9.17) is 18.9 Å². The van der Waals surface area contributed by atoms with Crippen LogP contribution in [0.2, 0.25) is 0 Å². The first kappa shape index (κ1) is 55.3. The predicted molar refractivity (Wildman–Crippen MR) is 297 cm³/mol. The monoisotopic (exact) mass is 1140 g/mol. The highest BCUT2D eigenvalue weighted by Gasteiger charge is 2.39. The largest absolute Gasteiger partial charge is 0.457 e. The summed E-state index contributed by atoms with van der Waals surface area (Å²) in [6.45, 7) is -6.16. The molecule has 0 atom stereocenters. The third kappa shape index (κ3) is 11.5. The van der Waals surface area contributed by atoms with Gasteiger partial charge in [0.25, 0.3) is 11.8 Å². The zero-order valence-electron chi connectivity index (χ0n) is 45.0. The Bertz CT molecular complexity index is 3870. The number of amides is 2. The number of benzene rings is 4. The molecule has 0 radical (unpaired) electrons. The molecule has 2 amide bonds. The number of hydrogen-bond donors (Lipinski definition) is 2. The van der Waals surface area contributed by atoms with E-state index < -0.39 is 25.0 Å². The van der Waals surface area contributed by atoms with Crippen molar-refractivity contribution >= 4 is 34.5 Å². The van der Waals surface area contributed by atoms with Gasteiger partial charge in [0.05, 0.1) is 47.0 Å². The van der Waals surface area contributed by atoms with Crippen molar-refractivity contribution in [3.05, 3.63) is 169 Å². The van der Waals surface area contributed by atoms with E-state index in [0.29, 0.717) is 47.1 Å². The standard InChI is InChI=1S/2C30H25F2N7O3/c2*1-38-18-24(36-28(40)23-17-35-39-15-3-14-34-27(23)39)26(37-38)22-16-21(8-9-25(22)42-29(31)32)41-20-6-4-19(5-7-20)30(12-13-33)10-2-11-30/h2*3-9,14-18,29H,2,10-12H2,1H3,(H,36,40). The molecule has 10 aromatic rings. The Morgan fingerprint density at radius 2 is 0.988 bits per heavy atom. The third-order valence-electron chi connectivity index (χ3n) is 14.9. The molecule has 2 fully saturated rings. The number of aryl methyl sites for hydroxylation is 2. The average Bonchev–Trinajstić information content (AvgIpc) is 2.95. The molecule has 20 nitrogen and oxygen atoms in total. The van der Waals surface area contributed by atoms with E-state index >= 15 is 0 Å². The number of nitrogens with zero attached hydrogens (tertiary/aromatic N) is 12. The Morgan fingerprint density at radius 3 is 1.35 bits per heavy atom. The number of ether oxygens (including phenoxy) is 4. The normalized spacial score (nSPS) is 13.9. The number of carbonyl (C=O) groups is 2. The molecule has 6 heterocycles. The topological polar surface area (TPSA) is 239 Å². The van der Waals surface area contributed by atoms with Crippen molar-refractivity contribution in [2.24, 2.45) is 14.1 Å². The van der Waals surface area contributed by atoms with Gasteiger partial charge in [0.15, 0.2) is 11.3 Å². The molecular weight excluding hydrogens is 1090 g/mol. The highest BCUT2D eigenvalue weighted by Crippen LogP contribution is 2.48. The fourth-order valence-electron chi connectivity index (χ4n) is 10.5. The Balaban J connectivity index is 0.000000175. The molecule has 0 saturated heterocycles. The number of carbonyl (C=O) groups excluding carboxylic acids is 2. The first-order valence-corrected chi connectivity index (χ1v) is 26.5. The minimum Gasteiger partial charge on any atom is -0.457 e. The maximum Gasteiger partial charge on any atom is 0.387 e. The molecule has 0 bridgehead atoms. The number of alkyl halides is 4. The van der Waals surface area contributed by atoms with Crippen LogP contribution in [0.4, 0.5) is 28.9 Å². The molecule has 24 heteroatoms. The van der Waals surface area contributed by atoms with Crippen LogP contribution in [0.5, 0.6) is 34.5 Å². The van der Waals surface area contributed by atoms with E-state index in [-0.39, 0.29) is 67.3 Å². The molecule has 0 unspecified atom stereocenters. The molecule has 6 aromatic heterocycles. The minimum atomic E-state index is -3.08. The highest BCUT2D eigenvalue weighted by molar-refractivity contribution is 6.10. The molecular formula is C60H50F4N14O6. The van der Waals surface area contributed by atoms with Crippen molar-refractivity contribution in [1.82, 2.24) is 48.8 Å². The van der Waals surface area contributed by atoms with Crippen LogP contribution >= 0.6 is 0 Å². The molecule has 4 aromatic carbocycles. The van der Waals surface area contributed by atoms with Crippen LogP contribution in [0.3, 0.4) is 0 Å². The van der Waals surface area contributed by atoms with Crippen LogP contribution in [0.15, 0.2) is 147 Å². The molecule has 2 aliphatic rings. The summed E-state index contributed by atoms with van der Waals surface area (Å²) in [5.41, 5.74) is 4.50. The Morgan fingerprint density at radius 1 is 0.595 bits per heavy atom. The second-order valence-corrected chi connectivity index (χ2v) is 20.2. The first-order valence-electron chi connectivity index (χ1n) is 26.5. The lowest BCUT2D eigenvalue weighted by Crippen LogP contribution is -2.33. The molecule has 0 aliphatic heterocycles. The maximum atomic E-state index is 13.4. The summed E-state index contributed by atoms with van der Waals surface area (Å²) in [5, 5.41) is 41.2. The fourth-order valence-corrected chi connectivity index (χ4v) is 10.5. The summed E-state index contributed by atoms with van der Waals surface area (Å²) in [4.78, 5) is 34.8. The van der Waals surface area contributed by atoms with Crippen LogP contribution in [0, 0.1) is 22.7 Å². The van der Waals surface area contributed by atoms with E-state index in [1.807, 2.05) is 48.5 Å². The van der Waals surface area contributed by atoms with Gasteiger partial charge in [-0.1, -0.05) is 37.1 Å². The van der Waals surface area contributed by atoms with Gasteiger partial charge in [-0.2, -0.15) is 48.5 Å². The fraction of sp³-hybridized carbons (Fsp3) is 0.233. The van der Waals surface area contributed by atoms with Crippen molar-refractivity contribution < 1.29 is 46.1 Å². The van der Waals surface area contributed by atoms with E-state index in [9.17, 15) is 37.7 Å². The van der Waals surface area contributed by atoms with E-state index in [1.165, 1.54) is 67.2 Å². The van der Waals surface area contributed by atoms with Crippen molar-refractivity contribution in [2.45, 2.75) is 75.4 Å². The number of nitriles is 2. The zero-order valence-corrected chi connectivity index (χ0v) is 45.0. The Hall–Kier alpha value is -10.6. The summed E-state index contributed by atoms with van der Waals surface area (Å²) in [6, 6.07) is 32.0. The van der Waals surface area contributed by atoms with Crippen LogP contribution < -0.4 is 29.6 Å². The van der Waals surface area contributed by atoms with Gasteiger partial charge >= 0.3 is 13.2 Å². The van der Waals surface area contributed by atoms with Crippen molar-refractivity contribution in [3.63, 3.8) is 0 Å². The summed E-state index contributed by atoms with van der Waals surface area (Å²) >= 11 is 0. The number of anilines is 2. The minimum absolute atomic E-state index is 0.103. The summed E-state index contributed by atoms with van der Waals surface area (Å²) < 4.78 is 81.0. The molecule has 84 heavy (non-hydrogen) atoms. The van der Waals surface area contributed by atoms with Gasteiger partial charge in [0.2, 0.25) is 0 Å². The lowest BCUT2D eigenvalue weighted by Gasteiger charge is -2.40. The maximum absolute atomic E-state index is 13.4. The third-order valence-corrected chi connectivity index (χ3v) is 14.9. The average molecular weight is 1140 g/mol. The second kappa shape index (κ2) is 23.5. The van der Waals surface area contributed by atoms with Gasteiger partial charge in [0, 0.05) is 74.9 Å². The van der Waals surface area contributed by atoms with Crippen LogP contribution in [0.25, 0.3) is 33.8 Å². The molecule has 2 saturated carbocycles. The predicted octanol–water partition coefficient (Wildman–Crippen LogP) is 12.2. The smallest absolute Gasteiger partial charge is 0.387 e. The van der Waals surface area contributed by atoms with Crippen molar-refractivity contribution in [2.75, 3.05) is 10.6 Å². The summed E-state index contributed by atoms with van der Waals surface area (Å²) in [6.07, 6.45) is 19.4. The van der Waals surface area contributed by atoms with Crippen LogP contribution in [0.1, 0.15) is 83.2 Å². The second-order valence-electron chi connectivity index (χ2n) is 20.2. The van der Waals surface area contributed by atoms with Crippen molar-refractivity contribution in [3.8, 4) is 69.2 Å². The quantitative estimate of drug-likeness (QED) is 0.0760. The van der Waals surface area contributed by atoms with E-state index in [2.05, 4.69) is 53.1 Å². The Kier molecular flexibility index (Phi) is 15.4. The zero-order chi connectivity index (χ0) is 58.5. The lowest BCUT2D eigenvalue weighted by atomic mass is 9.63. The van der Waals surface area contributed by atoms with Crippen LogP contribution in [-0.2, 0) is 24.9 Å². The molecule has 12 rings (SSSR count). The lowest BCUT2D eigenvalue weighted by molar-refractivity contribution is -0.0501. The molecule has 2 aliphatic carbocycles. The number of rotatable bonds is 18. The van der Waals surface area contributed by atoms with E-state index in [1.54, 1.807) is 63.4 Å². The SMILES string of the molecule is Cn1cc(NC(=O)c2cnn3cccnc23)c(-c2cc(Oc3ccc(C4(CC#N)CCC4)cc3)ccc2OC(F)F)n1.Cn1cc(NC(=O)c2cnn3cccnc23)c(-c2cc(Oc3ccc(C4(CC#N)CCC4)cc3)ccc2OC(F)F)n1. The van der Waals surface area contributed by atoms with Gasteiger partial charge in [0.1, 0.15) is 57.0 Å². The van der Waals surface area contributed by atoms with Crippen LogP contribution in [-0.4, -0.2) is 73.8 Å². The number of nitrogens with one attached hydrogen (secondary N) is 2. The Labute approximate surface area is 476 Å². The van der Waals surface area contributed by atoms with Crippen molar-refractivity contribution in [1.29, 1.82) is 10.5 Å². The summed E-state index contributed by atoms with van der Waals surface area (Å²) in [5.74, 6) is 0.507. The number of halogens is 4. The summed E-state index contributed by atoms with van der Waals surface area (Å²) in [7, 11) is 3.29. The number of aromatic nitrogens is 10. The van der Waals surface area contributed by atoms with Gasteiger partial charge in [-0.15, -0.1) is 0 Å². The van der Waals surface area contributed by atoms with E-state index in [0.717, 1.165) is 49.7 Å². The van der Waals surface area contributed by atoms with Gasteiger partial charge < -0.3 is 29.6 Å². The number of fused-ring (bicyclic) bond motifs is 2. The molecule has 2 N–H and O–H groups in total. The molecule has 424 valence electrons. The van der Waals surface area contributed by atoms with Gasteiger partial charge in [-0.05, 0) is 110 Å². The van der Waals surface area contributed by atoms with Gasteiger partial charge in [-0.3, -0.25) is 19.0 Å². The van der Waals surface area contributed by atoms with Gasteiger partial charge in [-0.25, -0.2) is 19.0 Å².